The zero-order valence-corrected chi connectivity index (χ0v) is 9.14. The maximum atomic E-state index is 5.53. The zero-order chi connectivity index (χ0) is 11.5. The zero-order valence-electron chi connectivity index (χ0n) is 9.14. The molecule has 2 aromatic heterocycles. The smallest absolute Gasteiger partial charge is 0.228 e. The van der Waals surface area contributed by atoms with Gasteiger partial charge >= 0.3 is 0 Å². The van der Waals surface area contributed by atoms with Crippen LogP contribution in [0.5, 0.6) is 0 Å². The summed E-state index contributed by atoms with van der Waals surface area (Å²) in [5, 5.41) is 3.09. The fourth-order valence-electron chi connectivity index (χ4n) is 1.37. The molecule has 0 saturated heterocycles. The van der Waals surface area contributed by atoms with E-state index in [-0.39, 0.29) is 12.0 Å². The van der Waals surface area contributed by atoms with Gasteiger partial charge in [-0.15, -0.1) is 0 Å². The predicted octanol–water partition coefficient (Wildman–Crippen LogP) is 1.53. The molecule has 0 aromatic carbocycles. The van der Waals surface area contributed by atoms with Crippen LogP contribution in [0, 0.1) is 6.92 Å². The van der Waals surface area contributed by atoms with Crippen LogP contribution in [0.25, 0.3) is 0 Å². The number of nitrogen functional groups attached to an aromatic ring is 1. The topological polar surface area (TPSA) is 89.9 Å². The standard InChI is InChI=1S/C10H13N5O/c1-6(8-4-3-5-16-8)12-10-14-7(2)13-9(11)15-10/h3-6H,1-2H3,(H3,11,12,13,14,15). The van der Waals surface area contributed by atoms with Gasteiger partial charge in [-0.25, -0.2) is 0 Å². The third-order valence-corrected chi connectivity index (χ3v) is 2.08. The molecule has 84 valence electrons. The summed E-state index contributed by atoms with van der Waals surface area (Å²) in [4.78, 5) is 12.0. The number of hydrogen-bond acceptors (Lipinski definition) is 6. The largest absolute Gasteiger partial charge is 0.467 e. The molecular formula is C10H13N5O. The lowest BCUT2D eigenvalue weighted by Crippen LogP contribution is -2.11. The molecule has 0 aliphatic carbocycles. The summed E-state index contributed by atoms with van der Waals surface area (Å²) in [5.74, 6) is 2.06. The van der Waals surface area contributed by atoms with Crippen LogP contribution in [-0.4, -0.2) is 15.0 Å². The van der Waals surface area contributed by atoms with Crippen molar-refractivity contribution in [3.05, 3.63) is 30.0 Å². The molecule has 0 fully saturated rings. The Labute approximate surface area is 92.9 Å². The Morgan fingerprint density at radius 3 is 2.81 bits per heavy atom. The minimum Gasteiger partial charge on any atom is -0.467 e. The molecule has 6 nitrogen and oxygen atoms in total. The van der Waals surface area contributed by atoms with Crippen LogP contribution in [0.4, 0.5) is 11.9 Å². The van der Waals surface area contributed by atoms with E-state index in [0.29, 0.717) is 11.8 Å². The van der Waals surface area contributed by atoms with Gasteiger partial charge < -0.3 is 15.5 Å². The minimum atomic E-state index is -0.0174. The van der Waals surface area contributed by atoms with Crippen molar-refractivity contribution in [1.82, 2.24) is 15.0 Å². The van der Waals surface area contributed by atoms with Crippen molar-refractivity contribution in [2.24, 2.45) is 0 Å². The van der Waals surface area contributed by atoms with E-state index in [1.165, 1.54) is 0 Å². The van der Waals surface area contributed by atoms with E-state index in [1.807, 2.05) is 19.1 Å². The summed E-state index contributed by atoms with van der Waals surface area (Å²) < 4.78 is 5.26. The third kappa shape index (κ3) is 2.28. The molecule has 0 radical (unpaired) electrons. The van der Waals surface area contributed by atoms with Crippen molar-refractivity contribution in [3.8, 4) is 0 Å². The van der Waals surface area contributed by atoms with E-state index < -0.39 is 0 Å². The van der Waals surface area contributed by atoms with Gasteiger partial charge in [0.2, 0.25) is 11.9 Å². The average molecular weight is 219 g/mol. The molecule has 2 rings (SSSR count). The number of anilines is 2. The molecule has 0 bridgehead atoms. The van der Waals surface area contributed by atoms with Crippen molar-refractivity contribution in [1.29, 1.82) is 0 Å². The summed E-state index contributed by atoms with van der Waals surface area (Å²) in [6.45, 7) is 3.72. The van der Waals surface area contributed by atoms with Crippen LogP contribution in [0.3, 0.4) is 0 Å². The Kier molecular flexibility index (Phi) is 2.72. The Morgan fingerprint density at radius 1 is 1.38 bits per heavy atom. The molecule has 16 heavy (non-hydrogen) atoms. The number of furan rings is 1. The number of aryl methyl sites for hydroxylation is 1. The molecule has 2 aromatic rings. The SMILES string of the molecule is Cc1nc(N)nc(NC(C)c2ccco2)n1. The van der Waals surface area contributed by atoms with Crippen molar-refractivity contribution < 1.29 is 4.42 Å². The number of hydrogen-bond donors (Lipinski definition) is 2. The first-order valence-corrected chi connectivity index (χ1v) is 4.93. The number of nitrogens with zero attached hydrogens (tertiary/aromatic N) is 3. The first-order chi connectivity index (χ1) is 7.65. The fourth-order valence-corrected chi connectivity index (χ4v) is 1.37. The number of rotatable bonds is 3. The third-order valence-electron chi connectivity index (χ3n) is 2.08. The van der Waals surface area contributed by atoms with E-state index in [2.05, 4.69) is 20.3 Å². The Bertz CT molecular complexity index is 448. The van der Waals surface area contributed by atoms with Crippen molar-refractivity contribution in [2.45, 2.75) is 19.9 Å². The summed E-state index contributed by atoms with van der Waals surface area (Å²) in [6.07, 6.45) is 1.63. The summed E-state index contributed by atoms with van der Waals surface area (Å²) in [7, 11) is 0. The fraction of sp³-hybridized carbons (Fsp3) is 0.300. The molecule has 0 aliphatic heterocycles. The van der Waals surface area contributed by atoms with Crippen molar-refractivity contribution >= 4 is 11.9 Å². The summed E-state index contributed by atoms with van der Waals surface area (Å²) >= 11 is 0. The summed E-state index contributed by atoms with van der Waals surface area (Å²) in [5.41, 5.74) is 5.53. The van der Waals surface area contributed by atoms with Crippen LogP contribution in [0.15, 0.2) is 22.8 Å². The van der Waals surface area contributed by atoms with Gasteiger partial charge in [0.05, 0.1) is 12.3 Å². The van der Waals surface area contributed by atoms with Crippen LogP contribution in [0.1, 0.15) is 24.6 Å². The Hall–Kier alpha value is -2.11. The van der Waals surface area contributed by atoms with Gasteiger partial charge in [0.25, 0.3) is 0 Å². The number of nitrogens with two attached hydrogens (primary N) is 1. The highest BCUT2D eigenvalue weighted by Crippen LogP contribution is 2.17. The highest BCUT2D eigenvalue weighted by molar-refractivity contribution is 5.33. The highest BCUT2D eigenvalue weighted by Gasteiger charge is 2.10. The molecule has 1 unspecified atom stereocenters. The Balaban J connectivity index is 2.15. The van der Waals surface area contributed by atoms with Gasteiger partial charge in [0, 0.05) is 0 Å². The predicted molar refractivity (Wildman–Crippen MR) is 59.7 cm³/mol. The quantitative estimate of drug-likeness (QED) is 0.813. The van der Waals surface area contributed by atoms with Crippen LogP contribution in [0.2, 0.25) is 0 Å². The summed E-state index contributed by atoms with van der Waals surface area (Å²) in [6, 6.07) is 3.70. The van der Waals surface area contributed by atoms with Gasteiger partial charge in [-0.2, -0.15) is 15.0 Å². The molecule has 6 heteroatoms. The molecule has 0 spiro atoms. The minimum absolute atomic E-state index is 0.0174. The first kappa shape index (κ1) is 10.4. The van der Waals surface area contributed by atoms with E-state index in [9.17, 15) is 0 Å². The second-order valence-corrected chi connectivity index (χ2v) is 3.45. The lowest BCUT2D eigenvalue weighted by atomic mass is 10.2. The van der Waals surface area contributed by atoms with Crippen molar-refractivity contribution in [2.75, 3.05) is 11.1 Å². The maximum Gasteiger partial charge on any atom is 0.228 e. The molecule has 0 aliphatic rings. The number of nitrogens with one attached hydrogen (secondary N) is 1. The highest BCUT2D eigenvalue weighted by atomic mass is 16.3. The molecule has 1 atom stereocenters. The van der Waals surface area contributed by atoms with Gasteiger partial charge in [0.1, 0.15) is 11.6 Å². The molecular weight excluding hydrogens is 206 g/mol. The van der Waals surface area contributed by atoms with E-state index in [0.717, 1.165) is 5.76 Å². The normalized spacial score (nSPS) is 12.4. The number of aromatic nitrogens is 3. The van der Waals surface area contributed by atoms with Crippen molar-refractivity contribution in [3.63, 3.8) is 0 Å². The van der Waals surface area contributed by atoms with Crippen LogP contribution in [-0.2, 0) is 0 Å². The average Bonchev–Trinajstić information content (AvgIpc) is 2.68. The van der Waals surface area contributed by atoms with Crippen LogP contribution < -0.4 is 11.1 Å². The Morgan fingerprint density at radius 2 is 2.19 bits per heavy atom. The van der Waals surface area contributed by atoms with Gasteiger partial charge in [-0.1, -0.05) is 0 Å². The monoisotopic (exact) mass is 219 g/mol. The lowest BCUT2D eigenvalue weighted by Gasteiger charge is -2.11. The van der Waals surface area contributed by atoms with E-state index >= 15 is 0 Å². The lowest BCUT2D eigenvalue weighted by molar-refractivity contribution is 0.489. The van der Waals surface area contributed by atoms with Gasteiger partial charge in [-0.05, 0) is 26.0 Å². The molecule has 3 N–H and O–H groups in total. The van der Waals surface area contributed by atoms with Gasteiger partial charge in [0.15, 0.2) is 0 Å². The first-order valence-electron chi connectivity index (χ1n) is 4.93. The van der Waals surface area contributed by atoms with Crippen LogP contribution >= 0.6 is 0 Å². The van der Waals surface area contributed by atoms with E-state index in [1.54, 1.807) is 13.2 Å². The second kappa shape index (κ2) is 4.18. The van der Waals surface area contributed by atoms with Gasteiger partial charge in [-0.3, -0.25) is 0 Å². The maximum absolute atomic E-state index is 5.53. The van der Waals surface area contributed by atoms with E-state index in [4.69, 9.17) is 10.2 Å². The molecule has 0 saturated carbocycles. The molecule has 2 heterocycles. The second-order valence-electron chi connectivity index (χ2n) is 3.45. The molecule has 0 amide bonds.